The van der Waals surface area contributed by atoms with Crippen LogP contribution in [0.1, 0.15) is 64.2 Å². The Morgan fingerprint density at radius 3 is 1.89 bits per heavy atom. The Bertz CT molecular complexity index is 938. The predicted molar refractivity (Wildman–Crippen MR) is 144 cm³/mol. The zero-order valence-electron chi connectivity index (χ0n) is 20.5. The second-order valence-corrected chi connectivity index (χ2v) is 13.3. The minimum atomic E-state index is -4.91. The van der Waals surface area contributed by atoms with Gasteiger partial charge in [-0.3, -0.25) is 0 Å². The Balaban J connectivity index is 0.000000280. The van der Waals surface area contributed by atoms with Crippen LogP contribution in [-0.2, 0) is 30.5 Å². The van der Waals surface area contributed by atoms with Crippen molar-refractivity contribution in [1.29, 1.82) is 0 Å². The average molecular weight is 726 g/mol. The summed E-state index contributed by atoms with van der Waals surface area (Å²) < 4.78 is 35.4. The number of para-hydroxylation sites is 2. The number of halogens is 2. The van der Waals surface area contributed by atoms with Gasteiger partial charge in [-0.1, -0.05) is 28.9 Å². The molecule has 0 heterocycles. The number of benzene rings is 2. The van der Waals surface area contributed by atoms with E-state index in [1.165, 1.54) is 88.1 Å². The molecule has 2 saturated carbocycles. The van der Waals surface area contributed by atoms with Crippen LogP contribution in [0.3, 0.4) is 0 Å². The van der Waals surface area contributed by atoms with E-state index in [1.54, 1.807) is 31.4 Å². The molecule has 0 aromatic heterocycles. The molecule has 0 amide bonds. The van der Waals surface area contributed by atoms with Gasteiger partial charge in [-0.25, -0.2) is 0 Å². The molecule has 2 aromatic rings. The van der Waals surface area contributed by atoms with E-state index >= 15 is 0 Å². The first-order chi connectivity index (χ1) is 16.8. The first-order valence-electron chi connectivity index (χ1n) is 12.2. The fourth-order valence-corrected chi connectivity index (χ4v) is 10.1. The SMILES string of the molecule is CN(C)c1ccccc1[PH+](C1CCCCC1)C1CCCCC1.O=S(=O)(F)Oc1[c-]cccc1.[Cl][Au]. The summed E-state index contributed by atoms with van der Waals surface area (Å²) in [5.41, 5.74) is 3.57. The van der Waals surface area contributed by atoms with E-state index < -0.39 is 18.4 Å². The van der Waals surface area contributed by atoms with Crippen molar-refractivity contribution < 1.29 is 36.5 Å². The van der Waals surface area contributed by atoms with Crippen LogP contribution in [0.25, 0.3) is 0 Å². The fraction of sp³-hybridized carbons (Fsp3) is 0.538. The van der Waals surface area contributed by atoms with E-state index in [1.807, 2.05) is 0 Å². The molecule has 0 unspecified atom stereocenters. The van der Waals surface area contributed by atoms with Crippen LogP contribution in [0, 0.1) is 6.07 Å². The van der Waals surface area contributed by atoms with Crippen LogP contribution in [0.5, 0.6) is 5.75 Å². The number of anilines is 1. The Kier molecular flexibility index (Phi) is 14.2. The van der Waals surface area contributed by atoms with Gasteiger partial charge in [-0.2, -0.15) is 26.6 Å². The van der Waals surface area contributed by atoms with Gasteiger partial charge in [0.2, 0.25) is 0 Å². The van der Waals surface area contributed by atoms with E-state index in [2.05, 4.69) is 62.7 Å². The summed E-state index contributed by atoms with van der Waals surface area (Å²) in [4.78, 5) is 2.35. The Morgan fingerprint density at radius 2 is 1.43 bits per heavy atom. The normalized spacial score (nSPS) is 17.0. The molecule has 4 rings (SSSR count). The van der Waals surface area contributed by atoms with E-state index in [4.69, 9.17) is 0 Å². The van der Waals surface area contributed by atoms with Crippen LogP contribution in [0.2, 0.25) is 0 Å². The average Bonchev–Trinajstić information content (AvgIpc) is 2.87. The number of hydrogen-bond donors (Lipinski definition) is 0. The molecular weight excluding hydrogens is 689 g/mol. The van der Waals surface area contributed by atoms with Gasteiger partial charge in [-0.15, -0.1) is 12.1 Å². The Morgan fingerprint density at radius 1 is 0.914 bits per heavy atom. The summed E-state index contributed by atoms with van der Waals surface area (Å²) in [6.07, 6.45) is 14.9. The molecule has 0 atom stereocenters. The first-order valence-corrected chi connectivity index (χ1v) is 17.9. The summed E-state index contributed by atoms with van der Waals surface area (Å²) >= 11 is 1.75. The molecule has 0 aliphatic heterocycles. The van der Waals surface area contributed by atoms with Crippen molar-refractivity contribution in [2.24, 2.45) is 0 Å². The summed E-state index contributed by atoms with van der Waals surface area (Å²) in [5.74, 6) is -0.157. The van der Waals surface area contributed by atoms with Gasteiger partial charge < -0.3 is 9.08 Å². The quantitative estimate of drug-likeness (QED) is 0.139. The molecule has 2 fully saturated rings. The molecule has 4 nitrogen and oxygen atoms in total. The Hall–Kier alpha value is -0.620. The molecule has 200 valence electrons. The van der Waals surface area contributed by atoms with Gasteiger partial charge >= 0.3 is 39.7 Å². The second kappa shape index (κ2) is 16.3. The molecule has 0 bridgehead atoms. The van der Waals surface area contributed by atoms with Crippen LogP contribution >= 0.6 is 17.1 Å². The van der Waals surface area contributed by atoms with Crippen LogP contribution in [0.15, 0.2) is 48.5 Å². The van der Waals surface area contributed by atoms with Crippen molar-refractivity contribution >= 4 is 38.6 Å². The molecule has 0 radical (unpaired) electrons. The molecule has 35 heavy (non-hydrogen) atoms. The molecule has 2 aromatic carbocycles. The van der Waals surface area contributed by atoms with Crippen molar-refractivity contribution in [1.82, 2.24) is 0 Å². The first kappa shape index (κ1) is 30.6. The number of rotatable bonds is 6. The Labute approximate surface area is 228 Å². The van der Waals surface area contributed by atoms with Gasteiger partial charge in [0.25, 0.3) is 0 Å². The maximum atomic E-state index is 11.8. The van der Waals surface area contributed by atoms with Crippen LogP contribution in [0.4, 0.5) is 9.57 Å². The van der Waals surface area contributed by atoms with E-state index in [0.29, 0.717) is 0 Å². The van der Waals surface area contributed by atoms with E-state index in [9.17, 15) is 12.3 Å². The third-order valence-electron chi connectivity index (χ3n) is 6.66. The summed E-state index contributed by atoms with van der Waals surface area (Å²) in [6.45, 7) is 0. The van der Waals surface area contributed by atoms with Gasteiger partial charge in [-0.05, 0) is 63.5 Å². The van der Waals surface area contributed by atoms with Gasteiger partial charge in [0.15, 0.2) is 0 Å². The summed E-state index contributed by atoms with van der Waals surface area (Å²) in [7, 11) is 3.68. The van der Waals surface area contributed by atoms with Crippen molar-refractivity contribution in [2.75, 3.05) is 19.0 Å². The van der Waals surface area contributed by atoms with Gasteiger partial charge in [0, 0.05) is 27.8 Å². The van der Waals surface area contributed by atoms with Gasteiger partial charge in [0.05, 0.1) is 17.0 Å². The monoisotopic (exact) mass is 725 g/mol. The van der Waals surface area contributed by atoms with Crippen molar-refractivity contribution in [3.63, 3.8) is 0 Å². The maximum absolute atomic E-state index is 11.8. The standard InChI is InChI=1S/C20H32NP.C6H4FO3S.Au.ClH/c1-21(2)19-15-9-10-16-20(19)22(17-11-5-3-6-12-17)18-13-7-4-8-14-18;7-11(8,9)10-6-4-2-1-3-5-6;;/h9-10,15-18H,3-8,11-14H2,1-2H3;1-4H;;1H/q;-1;+1;. The van der Waals surface area contributed by atoms with Crippen molar-refractivity contribution in [3.05, 3.63) is 54.6 Å². The molecule has 9 heteroatoms. The third kappa shape index (κ3) is 10.7. The minimum absolute atomic E-state index is 0.157. The number of nitrogens with zero attached hydrogens (tertiary/aromatic N) is 1. The second-order valence-electron chi connectivity index (χ2n) is 9.24. The zero-order chi connectivity index (χ0) is 25.7. The number of hydrogen-bond acceptors (Lipinski definition) is 4. The van der Waals surface area contributed by atoms with Gasteiger partial charge in [0.1, 0.15) is 5.30 Å². The predicted octanol–water partition coefficient (Wildman–Crippen LogP) is 7.02. The fourth-order valence-electron chi connectivity index (χ4n) is 5.24. The zero-order valence-corrected chi connectivity index (χ0v) is 25.2. The molecule has 0 saturated heterocycles. The molecule has 2 aliphatic carbocycles. The van der Waals surface area contributed by atoms with Crippen molar-refractivity contribution in [2.45, 2.75) is 75.5 Å². The van der Waals surface area contributed by atoms with E-state index in [0.717, 1.165) is 11.3 Å². The molecular formula is C26H37AuClFNO3PS. The molecule has 0 N–H and O–H groups in total. The summed E-state index contributed by atoms with van der Waals surface area (Å²) in [5, 5.41) is 1.75. The molecule has 0 spiro atoms. The van der Waals surface area contributed by atoms with Crippen LogP contribution < -0.4 is 14.4 Å². The summed E-state index contributed by atoms with van der Waals surface area (Å²) in [6, 6.07) is 17.6. The topological polar surface area (TPSA) is 46.6 Å². The van der Waals surface area contributed by atoms with E-state index in [-0.39, 0.29) is 5.75 Å². The molecule has 2 aliphatic rings. The van der Waals surface area contributed by atoms with Crippen LogP contribution in [-0.4, -0.2) is 33.8 Å². The van der Waals surface area contributed by atoms with Crippen molar-refractivity contribution in [3.8, 4) is 5.75 Å². The third-order valence-corrected chi connectivity index (χ3v) is 11.0.